The highest BCUT2D eigenvalue weighted by molar-refractivity contribution is 5.62. The fourth-order valence-electron chi connectivity index (χ4n) is 0.687. The maximum absolute atomic E-state index is 9.00. The third kappa shape index (κ3) is 17.7. The molecule has 11 heavy (non-hydrogen) atoms. The van der Waals surface area contributed by atoms with Gasteiger partial charge in [0.05, 0.1) is 0 Å². The second-order valence-corrected chi connectivity index (χ2v) is 2.19. The maximum Gasteiger partial charge on any atom is 0.300 e. The highest BCUT2D eigenvalue weighted by atomic mass is 16.5. The second-order valence-electron chi connectivity index (χ2n) is 2.19. The van der Waals surface area contributed by atoms with Crippen molar-refractivity contribution in [1.29, 1.82) is 0 Å². The molecule has 0 atom stereocenters. The van der Waals surface area contributed by atoms with Gasteiger partial charge < -0.3 is 15.3 Å². The monoisotopic (exact) mass is 164 g/mol. The van der Waals surface area contributed by atoms with Gasteiger partial charge in [-0.3, -0.25) is 4.79 Å². The summed E-state index contributed by atoms with van der Waals surface area (Å²) in [6, 6.07) is 0. The zero-order valence-corrected chi connectivity index (χ0v) is 6.80. The molecule has 0 saturated carbocycles. The summed E-state index contributed by atoms with van der Waals surface area (Å²) in [6.45, 7) is 3.08. The average molecular weight is 164 g/mol. The first-order valence-electron chi connectivity index (χ1n) is 3.51. The second kappa shape index (κ2) is 9.39. The van der Waals surface area contributed by atoms with E-state index in [1.54, 1.807) is 0 Å². The number of hydrogen-bond acceptors (Lipinski definition) is 2. The van der Waals surface area contributed by atoms with Crippen LogP contribution in [0.2, 0.25) is 0 Å². The third-order valence-electron chi connectivity index (χ3n) is 1.08. The molecular weight excluding hydrogens is 148 g/mol. The van der Waals surface area contributed by atoms with E-state index in [0.29, 0.717) is 0 Å². The molecule has 1 rings (SSSR count). The van der Waals surface area contributed by atoms with Gasteiger partial charge in [0.1, 0.15) is 0 Å². The number of rotatable bonds is 0. The summed E-state index contributed by atoms with van der Waals surface area (Å²) in [4.78, 5) is 9.00. The zero-order valence-electron chi connectivity index (χ0n) is 6.80. The van der Waals surface area contributed by atoms with Crippen LogP contribution in [0.5, 0.6) is 0 Å². The summed E-state index contributed by atoms with van der Waals surface area (Å²) in [7, 11) is 0. The molecular formula is C7H16O4. The Kier molecular flexibility index (Phi) is 11.1. The largest absolute Gasteiger partial charge is 0.481 e. The molecule has 0 aromatic carbocycles. The Morgan fingerprint density at radius 2 is 1.64 bits per heavy atom. The van der Waals surface area contributed by atoms with Crippen LogP contribution in [0.15, 0.2) is 0 Å². The molecule has 0 amide bonds. The Balaban J connectivity index is 0. The van der Waals surface area contributed by atoms with Crippen molar-refractivity contribution in [2.75, 3.05) is 13.2 Å². The number of carboxylic acid groups (broad SMARTS) is 1. The smallest absolute Gasteiger partial charge is 0.300 e. The van der Waals surface area contributed by atoms with Gasteiger partial charge >= 0.3 is 0 Å². The standard InChI is InChI=1S/C5H10O.C2H4O2.H2O/c1-2-4-6-5-3-1;1-2(3)4;/h1-5H2;1H3,(H,3,4);1H2. The maximum atomic E-state index is 9.00. The van der Waals surface area contributed by atoms with Crippen LogP contribution in [-0.2, 0) is 9.53 Å². The number of carboxylic acids is 1. The minimum absolute atomic E-state index is 0. The van der Waals surface area contributed by atoms with Crippen molar-refractivity contribution >= 4 is 5.97 Å². The predicted octanol–water partition coefficient (Wildman–Crippen LogP) is 0.453. The normalized spacial score (nSPS) is 15.4. The number of ether oxygens (including phenoxy) is 1. The SMILES string of the molecule is C1CCOCC1.CC(=O)O.O. The van der Waals surface area contributed by atoms with E-state index in [-0.39, 0.29) is 5.48 Å². The van der Waals surface area contributed by atoms with Crippen LogP contribution >= 0.6 is 0 Å². The fourth-order valence-corrected chi connectivity index (χ4v) is 0.687. The van der Waals surface area contributed by atoms with E-state index < -0.39 is 5.97 Å². The third-order valence-corrected chi connectivity index (χ3v) is 1.08. The molecule has 0 aromatic heterocycles. The van der Waals surface area contributed by atoms with Gasteiger partial charge in [0.15, 0.2) is 0 Å². The topological polar surface area (TPSA) is 78.0 Å². The van der Waals surface area contributed by atoms with Gasteiger partial charge in [-0.25, -0.2) is 0 Å². The Labute approximate surface area is 66.5 Å². The van der Waals surface area contributed by atoms with Crippen molar-refractivity contribution in [3.8, 4) is 0 Å². The summed E-state index contributed by atoms with van der Waals surface area (Å²) >= 11 is 0. The number of hydrogen-bond donors (Lipinski definition) is 1. The van der Waals surface area contributed by atoms with E-state index in [1.807, 2.05) is 0 Å². The summed E-state index contributed by atoms with van der Waals surface area (Å²) in [5.74, 6) is -0.833. The molecule has 1 aliphatic rings. The summed E-state index contributed by atoms with van der Waals surface area (Å²) < 4.78 is 5.07. The van der Waals surface area contributed by atoms with Crippen molar-refractivity contribution in [2.45, 2.75) is 26.2 Å². The van der Waals surface area contributed by atoms with Crippen LogP contribution in [0.4, 0.5) is 0 Å². The molecule has 0 spiro atoms. The van der Waals surface area contributed by atoms with Crippen LogP contribution in [0, 0.1) is 0 Å². The molecule has 1 heterocycles. The first-order valence-corrected chi connectivity index (χ1v) is 3.51. The minimum atomic E-state index is -0.833. The van der Waals surface area contributed by atoms with Gasteiger partial charge in [0.2, 0.25) is 0 Å². The van der Waals surface area contributed by atoms with E-state index in [1.165, 1.54) is 19.3 Å². The number of aliphatic carboxylic acids is 1. The van der Waals surface area contributed by atoms with E-state index in [2.05, 4.69) is 0 Å². The Morgan fingerprint density at radius 1 is 1.27 bits per heavy atom. The van der Waals surface area contributed by atoms with Gasteiger partial charge in [-0.1, -0.05) is 0 Å². The molecule has 1 aliphatic heterocycles. The first-order chi connectivity index (χ1) is 4.73. The minimum Gasteiger partial charge on any atom is -0.481 e. The van der Waals surface area contributed by atoms with Crippen LogP contribution in [0.1, 0.15) is 26.2 Å². The quantitative estimate of drug-likeness (QED) is 0.564. The Bertz CT molecular complexity index is 72.9. The first kappa shape index (κ1) is 13.0. The average Bonchev–Trinajstić information content (AvgIpc) is 1.90. The molecule has 0 bridgehead atoms. The Hall–Kier alpha value is -0.610. The van der Waals surface area contributed by atoms with Crippen molar-refractivity contribution in [3.05, 3.63) is 0 Å². The highest BCUT2D eigenvalue weighted by Crippen LogP contribution is 2.02. The van der Waals surface area contributed by atoms with Gasteiger partial charge in [0, 0.05) is 20.1 Å². The number of carbonyl (C=O) groups is 1. The van der Waals surface area contributed by atoms with Gasteiger partial charge in [-0.05, 0) is 19.3 Å². The summed E-state index contributed by atoms with van der Waals surface area (Å²) in [5.41, 5.74) is 0. The van der Waals surface area contributed by atoms with Gasteiger partial charge in [-0.15, -0.1) is 0 Å². The molecule has 0 radical (unpaired) electrons. The summed E-state index contributed by atoms with van der Waals surface area (Å²) in [6.07, 6.45) is 3.93. The van der Waals surface area contributed by atoms with E-state index in [9.17, 15) is 0 Å². The predicted molar refractivity (Wildman–Crippen MR) is 41.6 cm³/mol. The molecule has 0 aromatic rings. The lowest BCUT2D eigenvalue weighted by atomic mass is 10.2. The van der Waals surface area contributed by atoms with Crippen molar-refractivity contribution in [1.82, 2.24) is 0 Å². The zero-order chi connectivity index (χ0) is 7.82. The van der Waals surface area contributed by atoms with Gasteiger partial charge in [0.25, 0.3) is 5.97 Å². The molecule has 0 unspecified atom stereocenters. The van der Waals surface area contributed by atoms with E-state index >= 15 is 0 Å². The molecule has 4 heteroatoms. The van der Waals surface area contributed by atoms with E-state index in [4.69, 9.17) is 14.6 Å². The van der Waals surface area contributed by atoms with Gasteiger partial charge in [-0.2, -0.15) is 0 Å². The van der Waals surface area contributed by atoms with E-state index in [0.717, 1.165) is 20.1 Å². The van der Waals surface area contributed by atoms with Crippen molar-refractivity contribution in [3.63, 3.8) is 0 Å². The summed E-state index contributed by atoms with van der Waals surface area (Å²) in [5, 5.41) is 7.42. The molecule has 4 nitrogen and oxygen atoms in total. The Morgan fingerprint density at radius 3 is 1.73 bits per heavy atom. The molecule has 1 saturated heterocycles. The lowest BCUT2D eigenvalue weighted by Crippen LogP contribution is -2.03. The van der Waals surface area contributed by atoms with Crippen LogP contribution in [0.3, 0.4) is 0 Å². The fraction of sp³-hybridized carbons (Fsp3) is 0.857. The molecule has 0 aliphatic carbocycles. The molecule has 1 fully saturated rings. The highest BCUT2D eigenvalue weighted by Gasteiger charge is 1.94. The van der Waals surface area contributed by atoms with Crippen LogP contribution in [-0.4, -0.2) is 29.8 Å². The lowest BCUT2D eigenvalue weighted by Gasteiger charge is -2.08. The van der Waals surface area contributed by atoms with Crippen LogP contribution < -0.4 is 0 Å². The van der Waals surface area contributed by atoms with Crippen molar-refractivity contribution < 1.29 is 20.1 Å². The lowest BCUT2D eigenvalue weighted by molar-refractivity contribution is -0.134. The molecule has 68 valence electrons. The van der Waals surface area contributed by atoms with Crippen molar-refractivity contribution in [2.24, 2.45) is 0 Å². The van der Waals surface area contributed by atoms with Crippen LogP contribution in [0.25, 0.3) is 0 Å². The molecule has 3 N–H and O–H groups in total.